The van der Waals surface area contributed by atoms with Gasteiger partial charge in [0.2, 0.25) is 5.91 Å². The Bertz CT molecular complexity index is 1160. The minimum Gasteiger partial charge on any atom is -1.00 e. The highest BCUT2D eigenvalue weighted by Crippen LogP contribution is 2.52. The van der Waals surface area contributed by atoms with E-state index in [1.807, 2.05) is 41.5 Å². The van der Waals surface area contributed by atoms with Crippen LogP contribution in [0.2, 0.25) is 0 Å². The van der Waals surface area contributed by atoms with E-state index in [1.165, 1.54) is 34.9 Å². The highest BCUT2D eigenvalue weighted by Gasteiger charge is 2.60. The number of carbonyl (C=O) groups excluding carboxylic acids is 2. The van der Waals surface area contributed by atoms with Crippen molar-refractivity contribution in [3.8, 4) is 11.3 Å². The normalized spacial score (nSPS) is 22.2. The second-order valence-electron chi connectivity index (χ2n) is 7.98. The van der Waals surface area contributed by atoms with Gasteiger partial charge in [-0.05, 0) is 6.92 Å². The molecule has 2 aliphatic heterocycles. The summed E-state index contributed by atoms with van der Waals surface area (Å²) in [5, 5.41) is 13.9. The fourth-order valence-electron chi connectivity index (χ4n) is 4.25. The number of β-lactam (4-membered cyclic amide) rings is 1. The number of pyridine rings is 1. The Morgan fingerprint density at radius 2 is 1.97 bits per heavy atom. The Labute approximate surface area is 219 Å². The molecule has 8 nitrogen and oxygen atoms in total. The van der Waals surface area contributed by atoms with Crippen molar-refractivity contribution >= 4 is 40.9 Å². The van der Waals surface area contributed by atoms with Crippen molar-refractivity contribution < 1.29 is 56.8 Å². The third-order valence-electron chi connectivity index (χ3n) is 5.85. The number of aromatic nitrogens is 2. The van der Waals surface area contributed by atoms with Gasteiger partial charge in [-0.2, -0.15) is 8.78 Å². The number of hydrogen-bond acceptors (Lipinski definition) is 6. The van der Waals surface area contributed by atoms with Gasteiger partial charge in [0.25, 0.3) is 5.91 Å². The largest absolute Gasteiger partial charge is 1.00 e. The van der Waals surface area contributed by atoms with Crippen LogP contribution in [0.15, 0.2) is 44.8 Å². The predicted molar refractivity (Wildman–Crippen MR) is 116 cm³/mol. The highest BCUT2D eigenvalue weighted by molar-refractivity contribution is 8.04. The fourth-order valence-corrected chi connectivity index (χ4v) is 6.35. The fraction of sp³-hybridized carbons (Fsp3) is 0.381. The molecule has 0 aromatic carbocycles. The molecule has 2 aromatic rings. The monoisotopic (exact) mass is 622 g/mol. The lowest BCUT2D eigenvalue weighted by Gasteiger charge is -2.47. The van der Waals surface area contributed by atoms with Gasteiger partial charge in [0.1, 0.15) is 12.7 Å². The Hall–Kier alpha value is -2.13. The molecule has 4 rings (SSSR count). The van der Waals surface area contributed by atoms with E-state index in [1.54, 1.807) is 6.92 Å². The van der Waals surface area contributed by atoms with Crippen LogP contribution in [0.1, 0.15) is 13.8 Å². The van der Waals surface area contributed by atoms with Gasteiger partial charge in [0.05, 0.1) is 17.7 Å². The number of hydrogen-bond donors (Lipinski definition) is 2. The van der Waals surface area contributed by atoms with E-state index in [9.17, 15) is 28.3 Å². The van der Waals surface area contributed by atoms with Crippen LogP contribution in [-0.4, -0.2) is 51.3 Å². The molecule has 0 aliphatic carbocycles. The van der Waals surface area contributed by atoms with Crippen molar-refractivity contribution in [3.05, 3.63) is 40.5 Å². The average Bonchev–Trinajstić information content (AvgIpc) is 3.31. The predicted octanol–water partition coefficient (Wildman–Crippen LogP) is -0.727. The summed E-state index contributed by atoms with van der Waals surface area (Å²) in [7, 11) is 1.91. The lowest BCUT2D eigenvalue weighted by molar-refractivity contribution is -0.671. The molecule has 2 amide bonds. The number of aliphatic carboxylic acids is 1. The number of fused-ring (bicyclic) bond motifs is 1. The Kier molecular flexibility index (Phi) is 7.97. The van der Waals surface area contributed by atoms with Crippen molar-refractivity contribution in [2.24, 2.45) is 18.9 Å². The van der Waals surface area contributed by atoms with Crippen LogP contribution in [0.5, 0.6) is 0 Å². The second kappa shape index (κ2) is 10.2. The molecule has 4 heterocycles. The van der Waals surface area contributed by atoms with Crippen LogP contribution >= 0.6 is 23.1 Å². The molecule has 13 heteroatoms. The number of carboxylic acid groups (broad SMARTS) is 1. The average molecular weight is 622 g/mol. The van der Waals surface area contributed by atoms with E-state index in [0.717, 1.165) is 11.3 Å². The molecular formula is C21H21F2IN4O4S2. The molecule has 0 saturated carbocycles. The first-order chi connectivity index (χ1) is 15.6. The van der Waals surface area contributed by atoms with Crippen LogP contribution in [0.3, 0.4) is 0 Å². The lowest BCUT2D eigenvalue weighted by atomic mass is 9.78. The van der Waals surface area contributed by atoms with Gasteiger partial charge >= 0.3 is 12.4 Å². The molecule has 0 radical (unpaired) electrons. The lowest BCUT2D eigenvalue weighted by Crippen LogP contribution is -3.00. The summed E-state index contributed by atoms with van der Waals surface area (Å²) in [5.41, 5.74) is 1.56. The minimum absolute atomic E-state index is 0. The highest BCUT2D eigenvalue weighted by atomic mass is 127. The molecule has 1 fully saturated rings. The zero-order chi connectivity index (χ0) is 24.0. The minimum atomic E-state index is -3.19. The van der Waals surface area contributed by atoms with Crippen LogP contribution < -0.4 is 33.9 Å². The number of carbonyl (C=O) groups is 3. The van der Waals surface area contributed by atoms with E-state index in [2.05, 4.69) is 10.3 Å². The number of amides is 2. The molecule has 34 heavy (non-hydrogen) atoms. The molecule has 2 N–H and O–H groups in total. The molecule has 4 atom stereocenters. The summed E-state index contributed by atoms with van der Waals surface area (Å²) in [5.74, 6) is -4.34. The smallest absolute Gasteiger partial charge is 0.353 e. The number of alkyl halides is 2. The van der Waals surface area contributed by atoms with Gasteiger partial charge in [-0.1, -0.05) is 18.7 Å². The Morgan fingerprint density at radius 1 is 1.32 bits per heavy atom. The molecule has 0 spiro atoms. The maximum absolute atomic E-state index is 12.8. The number of nitrogens with one attached hydrogen (secondary N) is 1. The van der Waals surface area contributed by atoms with Crippen LogP contribution in [-0.2, 0) is 21.4 Å². The second-order valence-corrected chi connectivity index (χ2v) is 10.1. The summed E-state index contributed by atoms with van der Waals surface area (Å²) in [6.45, 7) is 3.27. The first kappa shape index (κ1) is 26.5. The quantitative estimate of drug-likeness (QED) is 0.240. The van der Waals surface area contributed by atoms with Crippen molar-refractivity contribution in [3.63, 3.8) is 0 Å². The van der Waals surface area contributed by atoms with Crippen molar-refractivity contribution in [1.29, 1.82) is 0 Å². The molecule has 0 unspecified atom stereocenters. The first-order valence-corrected chi connectivity index (χ1v) is 11.8. The molecule has 182 valence electrons. The van der Waals surface area contributed by atoms with E-state index in [4.69, 9.17) is 0 Å². The third-order valence-corrected chi connectivity index (χ3v) is 8.08. The molecule has 2 aliphatic rings. The van der Waals surface area contributed by atoms with Gasteiger partial charge in [-0.25, -0.2) is 14.3 Å². The summed E-state index contributed by atoms with van der Waals surface area (Å²) in [6.07, 6.45) is 0.608. The number of carboxylic acids is 1. The van der Waals surface area contributed by atoms with Crippen LogP contribution in [0.25, 0.3) is 11.3 Å². The van der Waals surface area contributed by atoms with Gasteiger partial charge in [0, 0.05) is 39.9 Å². The number of aryl methyl sites for hydroxylation is 1. The molecule has 0 bridgehead atoms. The van der Waals surface area contributed by atoms with E-state index in [0.29, 0.717) is 9.24 Å². The summed E-state index contributed by atoms with van der Waals surface area (Å²) in [6, 6.07) is 2.46. The standard InChI is InChI=1S/C21H20F2N4O4S2.HI/c1-9-14-13(10(2)24-18(28)17(22)23)19(29)27(14)15(20(30)31)16(9)33-21-25-12(8-32-21)11-4-6-26(3)7-5-11;/h4-10,13-14,17H,1-3H3,(H-,24,28,30,31);1H/t9-,10-,13-,14-;/m1./s1. The number of rotatable bonds is 7. The molecule has 2 aromatic heterocycles. The van der Waals surface area contributed by atoms with Gasteiger partial charge in [-0.3, -0.25) is 9.59 Å². The van der Waals surface area contributed by atoms with Crippen LogP contribution in [0.4, 0.5) is 8.78 Å². The van der Waals surface area contributed by atoms with Crippen molar-refractivity contribution in [2.75, 3.05) is 0 Å². The number of thioether (sulfide) groups is 1. The Morgan fingerprint density at radius 3 is 2.56 bits per heavy atom. The van der Waals surface area contributed by atoms with E-state index in [-0.39, 0.29) is 35.6 Å². The summed E-state index contributed by atoms with van der Waals surface area (Å²) in [4.78, 5) is 42.5. The van der Waals surface area contributed by atoms with Gasteiger partial charge in [-0.15, -0.1) is 11.3 Å². The van der Waals surface area contributed by atoms with E-state index < -0.39 is 42.2 Å². The molecule has 1 saturated heterocycles. The van der Waals surface area contributed by atoms with Crippen LogP contribution in [0, 0.1) is 11.8 Å². The third kappa shape index (κ3) is 4.69. The van der Waals surface area contributed by atoms with Crippen molar-refractivity contribution in [1.82, 2.24) is 15.2 Å². The summed E-state index contributed by atoms with van der Waals surface area (Å²) >= 11 is 2.56. The zero-order valence-electron chi connectivity index (χ0n) is 18.2. The summed E-state index contributed by atoms with van der Waals surface area (Å²) < 4.78 is 27.8. The topological polar surface area (TPSA) is 103 Å². The number of thiazole rings is 1. The number of halogens is 3. The zero-order valence-corrected chi connectivity index (χ0v) is 22.0. The number of nitrogens with zero attached hydrogens (tertiary/aromatic N) is 3. The first-order valence-electron chi connectivity index (χ1n) is 10.1. The SMILES string of the molecule is C[C@@H](NC(=O)C(F)F)[C@H]1C(=O)N2C(C(=O)O)=C(Sc3nc(-c4cc[n+](C)cc4)cs3)[C@H](C)[C@H]12.[I-]. The van der Waals surface area contributed by atoms with Gasteiger partial charge < -0.3 is 39.3 Å². The maximum atomic E-state index is 12.8. The van der Waals surface area contributed by atoms with Gasteiger partial charge in [0.15, 0.2) is 16.7 Å². The molecular weight excluding hydrogens is 601 g/mol. The maximum Gasteiger partial charge on any atom is 0.353 e. The Balaban J connectivity index is 0.00000324. The van der Waals surface area contributed by atoms with E-state index >= 15 is 0 Å². The van der Waals surface area contributed by atoms with Crippen molar-refractivity contribution in [2.45, 2.75) is 36.7 Å².